The number of thiocarbonyl (C=S) groups is 1. The summed E-state index contributed by atoms with van der Waals surface area (Å²) in [5.74, 6) is 0. The van der Waals surface area contributed by atoms with Crippen molar-refractivity contribution in [3.63, 3.8) is 0 Å². The van der Waals surface area contributed by atoms with Crippen LogP contribution in [0.3, 0.4) is 0 Å². The summed E-state index contributed by atoms with van der Waals surface area (Å²) in [6, 6.07) is 10.5. The lowest BCUT2D eigenvalue weighted by molar-refractivity contribution is 0.626. The molecule has 1 atom stereocenters. The zero-order valence-electron chi connectivity index (χ0n) is 9.79. The largest absolute Gasteiger partial charge is 0.376 e. The van der Waals surface area contributed by atoms with E-state index in [4.69, 9.17) is 17.6 Å². The molecule has 2 N–H and O–H groups in total. The van der Waals surface area contributed by atoms with Crippen LogP contribution >= 0.6 is 12.2 Å². The molecule has 0 fully saturated rings. The van der Waals surface area contributed by atoms with Gasteiger partial charge in [0.05, 0.1) is 4.99 Å². The van der Waals surface area contributed by atoms with Gasteiger partial charge in [0, 0.05) is 18.2 Å². The van der Waals surface area contributed by atoms with E-state index >= 15 is 0 Å². The Morgan fingerprint density at radius 3 is 2.44 bits per heavy atom. The number of rotatable bonds is 5. The minimum absolute atomic E-state index is 0.234. The summed E-state index contributed by atoms with van der Waals surface area (Å²) in [5, 5.41) is 10.8. The Bertz CT molecular complexity index is 343. The van der Waals surface area contributed by atoms with Gasteiger partial charge in [0.1, 0.15) is 0 Å². The first-order chi connectivity index (χ1) is 7.58. The molecular formula is C13H18N2S. The van der Waals surface area contributed by atoms with Gasteiger partial charge in [-0.05, 0) is 25.8 Å². The summed E-state index contributed by atoms with van der Waals surface area (Å²) in [7, 11) is 0. The highest BCUT2D eigenvalue weighted by Crippen LogP contribution is 2.06. The van der Waals surface area contributed by atoms with Crippen LogP contribution in [0.1, 0.15) is 25.8 Å². The molecule has 1 aromatic rings. The topological polar surface area (TPSA) is 35.9 Å². The van der Waals surface area contributed by atoms with Gasteiger partial charge >= 0.3 is 0 Å². The van der Waals surface area contributed by atoms with Gasteiger partial charge < -0.3 is 10.7 Å². The quantitative estimate of drug-likeness (QED) is 0.607. The lowest BCUT2D eigenvalue weighted by atomic mass is 10.0. The summed E-state index contributed by atoms with van der Waals surface area (Å²) in [6.45, 7) is 3.71. The summed E-state index contributed by atoms with van der Waals surface area (Å²) in [4.78, 5) is 0.794. The standard InChI is InChI=1S/C13H18N2S/c1-10(14)8-13(15-11(2)16)9-12-6-4-3-5-7-12/h3-7,13-14H,8-9H2,1-2H3,(H,15,16). The third kappa shape index (κ3) is 5.03. The van der Waals surface area contributed by atoms with E-state index in [-0.39, 0.29) is 6.04 Å². The summed E-state index contributed by atoms with van der Waals surface area (Å²) in [6.07, 6.45) is 1.65. The number of hydrogen-bond donors (Lipinski definition) is 2. The average molecular weight is 234 g/mol. The van der Waals surface area contributed by atoms with Crippen molar-refractivity contribution < 1.29 is 0 Å². The molecule has 0 saturated heterocycles. The van der Waals surface area contributed by atoms with Crippen LogP contribution in [0.5, 0.6) is 0 Å². The Morgan fingerprint density at radius 1 is 1.31 bits per heavy atom. The van der Waals surface area contributed by atoms with Crippen LogP contribution in [0.2, 0.25) is 0 Å². The summed E-state index contributed by atoms with van der Waals surface area (Å²) in [5.41, 5.74) is 1.96. The number of hydrogen-bond acceptors (Lipinski definition) is 2. The van der Waals surface area contributed by atoms with Gasteiger partial charge in [-0.3, -0.25) is 0 Å². The van der Waals surface area contributed by atoms with Gasteiger partial charge in [-0.1, -0.05) is 42.5 Å². The molecule has 1 aromatic carbocycles. The van der Waals surface area contributed by atoms with E-state index in [1.54, 1.807) is 0 Å². The van der Waals surface area contributed by atoms with Crippen molar-refractivity contribution in [3.05, 3.63) is 35.9 Å². The van der Waals surface area contributed by atoms with Crippen molar-refractivity contribution >= 4 is 22.9 Å². The van der Waals surface area contributed by atoms with Crippen molar-refractivity contribution in [3.8, 4) is 0 Å². The second kappa shape index (κ2) is 6.38. The molecule has 0 bridgehead atoms. The fourth-order valence-electron chi connectivity index (χ4n) is 1.73. The second-order valence-corrected chi connectivity index (χ2v) is 4.68. The van der Waals surface area contributed by atoms with E-state index in [1.807, 2.05) is 32.0 Å². The van der Waals surface area contributed by atoms with Crippen LogP contribution in [0.25, 0.3) is 0 Å². The molecule has 0 saturated carbocycles. The molecule has 2 nitrogen and oxygen atoms in total. The third-order valence-corrected chi connectivity index (χ3v) is 2.40. The van der Waals surface area contributed by atoms with Crippen LogP contribution in [-0.2, 0) is 6.42 Å². The molecule has 0 aromatic heterocycles. The zero-order chi connectivity index (χ0) is 12.0. The Kier molecular flexibility index (Phi) is 5.12. The first-order valence-electron chi connectivity index (χ1n) is 5.43. The lowest BCUT2D eigenvalue weighted by Gasteiger charge is -2.18. The van der Waals surface area contributed by atoms with Crippen LogP contribution < -0.4 is 5.32 Å². The van der Waals surface area contributed by atoms with Crippen molar-refractivity contribution in [2.75, 3.05) is 0 Å². The molecule has 3 heteroatoms. The van der Waals surface area contributed by atoms with Crippen molar-refractivity contribution in [1.82, 2.24) is 5.32 Å². The highest BCUT2D eigenvalue weighted by atomic mass is 32.1. The van der Waals surface area contributed by atoms with Crippen molar-refractivity contribution in [1.29, 1.82) is 5.41 Å². The number of nitrogens with one attached hydrogen (secondary N) is 2. The van der Waals surface area contributed by atoms with E-state index in [0.29, 0.717) is 5.71 Å². The summed E-state index contributed by atoms with van der Waals surface area (Å²) >= 11 is 5.06. The van der Waals surface area contributed by atoms with E-state index < -0.39 is 0 Å². The van der Waals surface area contributed by atoms with Gasteiger partial charge in [0.15, 0.2) is 0 Å². The molecule has 0 aliphatic carbocycles. The minimum atomic E-state index is 0.234. The Morgan fingerprint density at radius 2 is 1.94 bits per heavy atom. The maximum absolute atomic E-state index is 7.55. The molecule has 1 unspecified atom stereocenters. The lowest BCUT2D eigenvalue weighted by Crippen LogP contribution is -2.35. The molecule has 86 valence electrons. The van der Waals surface area contributed by atoms with E-state index in [1.165, 1.54) is 5.56 Å². The van der Waals surface area contributed by atoms with Gasteiger partial charge in [-0.15, -0.1) is 0 Å². The Labute approximate surface area is 103 Å². The maximum atomic E-state index is 7.55. The molecular weight excluding hydrogens is 216 g/mol. The second-order valence-electron chi connectivity index (χ2n) is 4.07. The number of benzene rings is 1. The van der Waals surface area contributed by atoms with Gasteiger partial charge in [-0.2, -0.15) is 0 Å². The van der Waals surface area contributed by atoms with Gasteiger partial charge in [0.25, 0.3) is 0 Å². The predicted molar refractivity (Wildman–Crippen MR) is 73.4 cm³/mol. The maximum Gasteiger partial charge on any atom is 0.0724 e. The molecule has 0 heterocycles. The van der Waals surface area contributed by atoms with E-state index in [9.17, 15) is 0 Å². The van der Waals surface area contributed by atoms with Crippen LogP contribution in [-0.4, -0.2) is 16.7 Å². The van der Waals surface area contributed by atoms with Crippen molar-refractivity contribution in [2.45, 2.75) is 32.7 Å². The third-order valence-electron chi connectivity index (χ3n) is 2.28. The fraction of sp³-hybridized carbons (Fsp3) is 0.385. The first kappa shape index (κ1) is 12.8. The normalized spacial score (nSPS) is 11.9. The molecule has 16 heavy (non-hydrogen) atoms. The van der Waals surface area contributed by atoms with Gasteiger partial charge in [0.2, 0.25) is 0 Å². The fourth-order valence-corrected chi connectivity index (χ4v) is 1.90. The van der Waals surface area contributed by atoms with Gasteiger partial charge in [-0.25, -0.2) is 0 Å². The van der Waals surface area contributed by atoms with Crippen LogP contribution in [0.15, 0.2) is 30.3 Å². The summed E-state index contributed by atoms with van der Waals surface area (Å²) < 4.78 is 0. The van der Waals surface area contributed by atoms with Crippen LogP contribution in [0.4, 0.5) is 0 Å². The van der Waals surface area contributed by atoms with Crippen molar-refractivity contribution in [2.24, 2.45) is 0 Å². The highest BCUT2D eigenvalue weighted by molar-refractivity contribution is 7.80. The molecule has 1 rings (SSSR count). The van der Waals surface area contributed by atoms with E-state index in [2.05, 4.69) is 17.4 Å². The van der Waals surface area contributed by atoms with Crippen LogP contribution in [0, 0.1) is 5.41 Å². The molecule has 0 aliphatic rings. The monoisotopic (exact) mass is 234 g/mol. The Balaban J connectivity index is 2.63. The smallest absolute Gasteiger partial charge is 0.0724 e. The zero-order valence-corrected chi connectivity index (χ0v) is 10.6. The molecule has 0 radical (unpaired) electrons. The minimum Gasteiger partial charge on any atom is -0.376 e. The molecule has 0 aliphatic heterocycles. The molecule has 0 amide bonds. The SMILES string of the molecule is CC(=N)CC(Cc1ccccc1)NC(C)=S. The predicted octanol–water partition coefficient (Wildman–Crippen LogP) is 2.96. The average Bonchev–Trinajstić information content (AvgIpc) is 2.16. The Hall–Kier alpha value is -1.22. The van der Waals surface area contributed by atoms with E-state index in [0.717, 1.165) is 17.8 Å². The first-order valence-corrected chi connectivity index (χ1v) is 5.84. The molecule has 0 spiro atoms. The highest BCUT2D eigenvalue weighted by Gasteiger charge is 2.10.